The zero-order valence-corrected chi connectivity index (χ0v) is 11.9. The number of likely N-dealkylation sites (N-methyl/N-ethyl adjacent to an activating group) is 1. The first-order valence-electron chi connectivity index (χ1n) is 6.65. The van der Waals surface area contributed by atoms with E-state index in [1.807, 2.05) is 18.2 Å². The van der Waals surface area contributed by atoms with E-state index in [4.69, 9.17) is 0 Å². The summed E-state index contributed by atoms with van der Waals surface area (Å²) < 4.78 is 4.49. The van der Waals surface area contributed by atoms with Gasteiger partial charge in [0.25, 0.3) is 0 Å². The summed E-state index contributed by atoms with van der Waals surface area (Å²) in [5.41, 5.74) is 1.09. The van der Waals surface area contributed by atoms with Gasteiger partial charge in [-0.1, -0.05) is 30.3 Å². The van der Waals surface area contributed by atoms with Gasteiger partial charge in [0, 0.05) is 36.7 Å². The molecule has 0 aliphatic carbocycles. The highest BCUT2D eigenvalue weighted by atomic mass is 32.1. The SMILES string of the molecule is CN1CCCN(c2nc(-c3ccccc3)ns2)CC1. The van der Waals surface area contributed by atoms with Crippen LogP contribution in [-0.2, 0) is 0 Å². The van der Waals surface area contributed by atoms with Gasteiger partial charge < -0.3 is 9.80 Å². The maximum atomic E-state index is 4.69. The molecule has 2 heterocycles. The van der Waals surface area contributed by atoms with E-state index in [-0.39, 0.29) is 0 Å². The lowest BCUT2D eigenvalue weighted by Gasteiger charge is -2.18. The largest absolute Gasteiger partial charge is 0.346 e. The molecule has 3 rings (SSSR count). The summed E-state index contributed by atoms with van der Waals surface area (Å²) in [6.07, 6.45) is 1.19. The fourth-order valence-electron chi connectivity index (χ4n) is 2.29. The summed E-state index contributed by atoms with van der Waals surface area (Å²) >= 11 is 1.51. The smallest absolute Gasteiger partial charge is 0.205 e. The highest BCUT2D eigenvalue weighted by Gasteiger charge is 2.16. The second-order valence-electron chi connectivity index (χ2n) is 4.91. The van der Waals surface area contributed by atoms with Crippen LogP contribution in [0.3, 0.4) is 0 Å². The van der Waals surface area contributed by atoms with Crippen molar-refractivity contribution in [1.29, 1.82) is 0 Å². The second kappa shape index (κ2) is 5.67. The minimum atomic E-state index is 0.846. The van der Waals surface area contributed by atoms with Gasteiger partial charge in [0.05, 0.1) is 0 Å². The van der Waals surface area contributed by atoms with Gasteiger partial charge in [-0.2, -0.15) is 9.36 Å². The molecule has 0 unspecified atom stereocenters. The van der Waals surface area contributed by atoms with E-state index in [0.717, 1.165) is 36.2 Å². The Kier molecular flexibility index (Phi) is 3.75. The van der Waals surface area contributed by atoms with Crippen LogP contribution in [0.2, 0.25) is 0 Å². The maximum absolute atomic E-state index is 4.69. The minimum Gasteiger partial charge on any atom is -0.346 e. The predicted molar refractivity (Wildman–Crippen MR) is 79.7 cm³/mol. The zero-order chi connectivity index (χ0) is 13.1. The Hall–Kier alpha value is -1.46. The van der Waals surface area contributed by atoms with E-state index >= 15 is 0 Å². The van der Waals surface area contributed by atoms with Crippen LogP contribution in [0.25, 0.3) is 11.4 Å². The molecule has 1 aromatic heterocycles. The van der Waals surface area contributed by atoms with Crippen molar-refractivity contribution in [3.05, 3.63) is 30.3 Å². The molecule has 0 bridgehead atoms. The highest BCUT2D eigenvalue weighted by molar-refractivity contribution is 7.09. The van der Waals surface area contributed by atoms with Gasteiger partial charge in [0.15, 0.2) is 5.82 Å². The Morgan fingerprint density at radius 2 is 1.89 bits per heavy atom. The van der Waals surface area contributed by atoms with Gasteiger partial charge in [0.1, 0.15) is 0 Å². The number of aromatic nitrogens is 2. The first-order valence-corrected chi connectivity index (χ1v) is 7.43. The molecule has 1 saturated heterocycles. The summed E-state index contributed by atoms with van der Waals surface area (Å²) in [5.74, 6) is 0.846. The summed E-state index contributed by atoms with van der Waals surface area (Å²) in [6, 6.07) is 10.2. The van der Waals surface area contributed by atoms with Crippen molar-refractivity contribution in [3.8, 4) is 11.4 Å². The molecule has 5 heteroatoms. The van der Waals surface area contributed by atoms with E-state index in [2.05, 4.69) is 38.3 Å². The van der Waals surface area contributed by atoms with E-state index in [9.17, 15) is 0 Å². The Balaban J connectivity index is 1.77. The van der Waals surface area contributed by atoms with Gasteiger partial charge in [0.2, 0.25) is 5.13 Å². The molecule has 0 saturated carbocycles. The predicted octanol–water partition coefficient (Wildman–Crippen LogP) is 2.35. The number of benzene rings is 1. The van der Waals surface area contributed by atoms with Crippen LogP contribution in [0.5, 0.6) is 0 Å². The summed E-state index contributed by atoms with van der Waals surface area (Å²) in [4.78, 5) is 9.41. The van der Waals surface area contributed by atoms with Crippen LogP contribution in [0.4, 0.5) is 5.13 Å². The molecule has 0 radical (unpaired) electrons. The number of rotatable bonds is 2. The van der Waals surface area contributed by atoms with E-state index < -0.39 is 0 Å². The molecule has 1 aliphatic rings. The number of hydrogen-bond donors (Lipinski definition) is 0. The first kappa shape index (κ1) is 12.6. The molecule has 0 spiro atoms. The number of anilines is 1. The Morgan fingerprint density at radius 1 is 1.05 bits per heavy atom. The molecular weight excluding hydrogens is 256 g/mol. The third-order valence-corrected chi connectivity index (χ3v) is 4.21. The van der Waals surface area contributed by atoms with E-state index in [1.54, 1.807) is 0 Å². The lowest BCUT2D eigenvalue weighted by atomic mass is 10.2. The topological polar surface area (TPSA) is 32.3 Å². The molecular formula is C14H18N4S. The van der Waals surface area contributed by atoms with Gasteiger partial charge in [-0.3, -0.25) is 0 Å². The summed E-state index contributed by atoms with van der Waals surface area (Å²) in [5, 5.41) is 1.05. The Morgan fingerprint density at radius 3 is 2.74 bits per heavy atom. The third-order valence-electron chi connectivity index (χ3n) is 3.44. The standard InChI is InChI=1S/C14H18N4S/c1-17-8-5-9-18(11-10-17)14-15-13(16-19-14)12-6-3-2-4-7-12/h2-4,6-7H,5,8-11H2,1H3. The molecule has 19 heavy (non-hydrogen) atoms. The van der Waals surface area contributed by atoms with Gasteiger partial charge in [-0.25, -0.2) is 0 Å². The lowest BCUT2D eigenvalue weighted by molar-refractivity contribution is 0.360. The quantitative estimate of drug-likeness (QED) is 0.841. The van der Waals surface area contributed by atoms with Gasteiger partial charge in [-0.15, -0.1) is 0 Å². The van der Waals surface area contributed by atoms with Crippen molar-refractivity contribution in [2.75, 3.05) is 38.1 Å². The zero-order valence-electron chi connectivity index (χ0n) is 11.1. The van der Waals surface area contributed by atoms with E-state index in [0.29, 0.717) is 0 Å². The molecule has 0 atom stereocenters. The molecule has 1 fully saturated rings. The van der Waals surface area contributed by atoms with Crippen LogP contribution in [-0.4, -0.2) is 47.5 Å². The van der Waals surface area contributed by atoms with Crippen LogP contribution < -0.4 is 4.90 Å². The van der Waals surface area contributed by atoms with Crippen molar-refractivity contribution in [2.24, 2.45) is 0 Å². The van der Waals surface area contributed by atoms with Crippen molar-refractivity contribution >= 4 is 16.7 Å². The average molecular weight is 274 g/mol. The normalized spacial score (nSPS) is 17.4. The number of nitrogens with zero attached hydrogens (tertiary/aromatic N) is 4. The highest BCUT2D eigenvalue weighted by Crippen LogP contribution is 2.24. The van der Waals surface area contributed by atoms with Gasteiger partial charge in [-0.05, 0) is 20.0 Å². The molecule has 2 aromatic rings. The fourth-order valence-corrected chi connectivity index (χ4v) is 3.03. The van der Waals surface area contributed by atoms with E-state index in [1.165, 1.54) is 24.5 Å². The Labute approximate surface area is 117 Å². The third kappa shape index (κ3) is 2.93. The second-order valence-corrected chi connectivity index (χ2v) is 5.64. The number of hydrogen-bond acceptors (Lipinski definition) is 5. The van der Waals surface area contributed by atoms with Gasteiger partial charge >= 0.3 is 0 Å². The molecule has 0 N–H and O–H groups in total. The molecule has 1 aliphatic heterocycles. The van der Waals surface area contributed by atoms with Crippen molar-refractivity contribution in [2.45, 2.75) is 6.42 Å². The lowest BCUT2D eigenvalue weighted by Crippen LogP contribution is -2.28. The van der Waals surface area contributed by atoms with Crippen molar-refractivity contribution in [1.82, 2.24) is 14.3 Å². The molecule has 1 aromatic carbocycles. The molecule has 100 valence electrons. The maximum Gasteiger partial charge on any atom is 0.205 e. The van der Waals surface area contributed by atoms with Crippen LogP contribution in [0.1, 0.15) is 6.42 Å². The van der Waals surface area contributed by atoms with Crippen LogP contribution in [0, 0.1) is 0 Å². The summed E-state index contributed by atoms with van der Waals surface area (Å²) in [7, 11) is 2.18. The van der Waals surface area contributed by atoms with Crippen molar-refractivity contribution in [3.63, 3.8) is 0 Å². The first-order chi connectivity index (χ1) is 9.33. The van der Waals surface area contributed by atoms with Crippen LogP contribution >= 0.6 is 11.5 Å². The molecule has 0 amide bonds. The Bertz CT molecular complexity index is 525. The minimum absolute atomic E-state index is 0.846. The van der Waals surface area contributed by atoms with Crippen molar-refractivity contribution < 1.29 is 0 Å². The average Bonchev–Trinajstić information content (AvgIpc) is 2.84. The fraction of sp³-hybridized carbons (Fsp3) is 0.429. The summed E-state index contributed by atoms with van der Waals surface area (Å²) in [6.45, 7) is 4.38. The monoisotopic (exact) mass is 274 g/mol. The molecule has 4 nitrogen and oxygen atoms in total. The van der Waals surface area contributed by atoms with Crippen LogP contribution in [0.15, 0.2) is 30.3 Å².